The van der Waals surface area contributed by atoms with Gasteiger partial charge in [0, 0.05) is 130 Å². The molecule has 520 valence electrons. The maximum atomic E-state index is 11.9. The number of carboxylic acid groups (broad SMARTS) is 1. The van der Waals surface area contributed by atoms with Crippen LogP contribution in [0.3, 0.4) is 0 Å². The minimum atomic E-state index is -3.63. The number of ketones is 2. The second kappa shape index (κ2) is 37.5. The summed E-state index contributed by atoms with van der Waals surface area (Å²) in [6.45, 7) is 15.2. The molecule has 1 aromatic carbocycles. The van der Waals surface area contributed by atoms with Gasteiger partial charge >= 0.3 is 5.97 Å². The van der Waals surface area contributed by atoms with E-state index in [0.717, 1.165) is 90.3 Å². The van der Waals surface area contributed by atoms with Gasteiger partial charge in [0.05, 0.1) is 48.4 Å². The molecule has 8 saturated heterocycles. The first-order valence-corrected chi connectivity index (χ1v) is 34.3. The number of likely N-dealkylation sites (N-methyl/N-ethyl adjacent to an activating group) is 10. The van der Waals surface area contributed by atoms with E-state index in [0.29, 0.717) is 98.8 Å². The minimum absolute atomic E-state index is 0.127. The number of Topliss-reactive ketones (excluding diaryl/α,β-unsaturated/α-hetero) is 2. The van der Waals surface area contributed by atoms with Gasteiger partial charge in [-0.3, -0.25) is 67.6 Å². The standard InChI is InChI=1S/C14H19NO3S.C8H16N2O.C8H14N2O.C8H13NO.C7H12N4O.C7H12N4.C7H14N2O.C6H9NO2/c1-12-5-7-14(8-6-12)19(16,17)18-11-9-13-4-3-10-15(13)2;2*1-9-4-3-6-8(9)7(11)5-10(6)2;1-7(10)6-8-4-3-5-9(8)2;1-11-4-6-7(12-6)5(11)2-3-9-10-8;1-11-6-2-3-7(11)4-5-9-10-8;1-9-4-6(10)7-5(9)2-3-8-7;1-7-4-2-3-5(7)6(8)9/h3-8,13H,9-11H2,1-2H3;6-8,11H,3-5H2,1-2H3;6,8H,3-5H2,1-2H3;3-4,8H,5-6H2,1-2H3;5-7H,2-4H2,1H3;2-3,7H,4-6H2,1H3;5-8,10H,2-4H2,1H3;2-3,5H,4H2,1H3,(H,8,9). The quantitative estimate of drug-likeness (QED) is 0.0520. The number of morpholine rings is 1. The van der Waals surface area contributed by atoms with E-state index in [1.807, 2.05) is 41.2 Å². The molecule has 93 heavy (non-hydrogen) atoms. The Labute approximate surface area is 553 Å². The summed E-state index contributed by atoms with van der Waals surface area (Å²) >= 11 is 0. The highest BCUT2D eigenvalue weighted by Crippen LogP contribution is 2.37. The maximum absolute atomic E-state index is 11.9. The molecule has 12 aliphatic rings. The molecule has 0 aromatic heterocycles. The zero-order chi connectivity index (χ0) is 68.1. The average Bonchev–Trinajstić information content (AvgIpc) is 1.63. The average molecular weight is 1320 g/mol. The van der Waals surface area contributed by atoms with Crippen molar-refractivity contribution in [1.29, 1.82) is 0 Å². The Morgan fingerprint density at radius 1 is 0.656 bits per heavy atom. The van der Waals surface area contributed by atoms with Gasteiger partial charge < -0.3 is 25.4 Å². The molecule has 27 nitrogen and oxygen atoms in total. The zero-order valence-corrected chi connectivity index (χ0v) is 58.0. The van der Waals surface area contributed by atoms with E-state index >= 15 is 0 Å². The van der Waals surface area contributed by atoms with Crippen LogP contribution in [0, 0.1) is 6.92 Å². The number of ether oxygens (including phenoxy) is 1. The molecule has 1 aromatic rings. The summed E-state index contributed by atoms with van der Waals surface area (Å²) in [7, 11) is 16.8. The zero-order valence-electron chi connectivity index (χ0n) is 57.2. The highest BCUT2D eigenvalue weighted by molar-refractivity contribution is 7.86. The number of carbonyl (C=O) groups excluding carboxylic acids is 2. The van der Waals surface area contributed by atoms with Crippen LogP contribution in [0.1, 0.15) is 57.4 Å². The Morgan fingerprint density at radius 3 is 1.71 bits per heavy atom. The fourth-order valence-electron chi connectivity index (χ4n) is 14.2. The molecular weight excluding hydrogens is 1210 g/mol. The number of epoxide rings is 1. The number of nitrogens with one attached hydrogen (secondary N) is 1. The lowest BCUT2D eigenvalue weighted by atomic mass is 10.1. The van der Waals surface area contributed by atoms with Crippen molar-refractivity contribution < 1.29 is 47.0 Å². The van der Waals surface area contributed by atoms with E-state index < -0.39 is 22.1 Å². The lowest BCUT2D eigenvalue weighted by Gasteiger charge is -2.21. The number of rotatable bonds is 14. The second-order valence-corrected chi connectivity index (χ2v) is 28.3. The summed E-state index contributed by atoms with van der Waals surface area (Å²) in [6, 6.07) is 10.5. The summed E-state index contributed by atoms with van der Waals surface area (Å²) in [5, 5.41) is 37.9. The number of aliphatic hydroxyl groups excluding tert-OH is 2. The van der Waals surface area contributed by atoms with Crippen molar-refractivity contribution >= 4 is 27.7 Å². The van der Waals surface area contributed by atoms with Crippen molar-refractivity contribution in [3.8, 4) is 0 Å². The van der Waals surface area contributed by atoms with Crippen LogP contribution in [-0.4, -0.2) is 343 Å². The third kappa shape index (κ3) is 22.8. The van der Waals surface area contributed by atoms with E-state index in [2.05, 4.69) is 141 Å². The van der Waals surface area contributed by atoms with E-state index in [4.69, 9.17) is 25.1 Å². The summed E-state index contributed by atoms with van der Waals surface area (Å²) in [4.78, 5) is 59.8. The first-order chi connectivity index (χ1) is 44.3. The third-order valence-electron chi connectivity index (χ3n) is 19.8. The molecule has 0 saturated carbocycles. The Hall–Kier alpha value is -5.04. The number of nitrogens with zero attached hydrogens (tertiary/aromatic N) is 16. The molecule has 13 rings (SSSR count). The van der Waals surface area contributed by atoms with Gasteiger partial charge in [0.15, 0.2) is 5.78 Å². The van der Waals surface area contributed by atoms with Gasteiger partial charge in [-0.25, -0.2) is 0 Å². The van der Waals surface area contributed by atoms with Crippen LogP contribution < -0.4 is 5.32 Å². The monoisotopic (exact) mass is 1320 g/mol. The van der Waals surface area contributed by atoms with E-state index in [1.54, 1.807) is 49.2 Å². The molecule has 0 spiro atoms. The normalized spacial score (nSPS) is 32.7. The number of carbonyl (C=O) groups is 3. The number of aryl methyl sites for hydroxylation is 1. The van der Waals surface area contributed by atoms with Gasteiger partial charge in [-0.05, 0) is 159 Å². The van der Waals surface area contributed by atoms with E-state index in [1.165, 1.54) is 12.8 Å². The number of hydrogen-bond donors (Lipinski definition) is 4. The number of likely N-dealkylation sites (tertiary alicyclic amines) is 6. The van der Waals surface area contributed by atoms with Crippen molar-refractivity contribution in [2.45, 2.75) is 155 Å². The Kier molecular flexibility index (Phi) is 31.0. The van der Waals surface area contributed by atoms with E-state index in [9.17, 15) is 33.0 Å². The van der Waals surface area contributed by atoms with Gasteiger partial charge in [0.2, 0.25) is 0 Å². The molecular formula is C65H109N17O10S. The van der Waals surface area contributed by atoms with Crippen molar-refractivity contribution in [2.75, 3.05) is 162 Å². The highest BCUT2D eigenvalue weighted by Gasteiger charge is 2.53. The van der Waals surface area contributed by atoms with Crippen LogP contribution in [0.4, 0.5) is 0 Å². The summed E-state index contributed by atoms with van der Waals surface area (Å²) in [5.41, 5.74) is 17.2. The first-order valence-electron chi connectivity index (χ1n) is 32.9. The molecule has 8 fully saturated rings. The summed E-state index contributed by atoms with van der Waals surface area (Å²) in [6.07, 6.45) is 23.6. The lowest BCUT2D eigenvalue weighted by molar-refractivity contribution is -0.140. The van der Waals surface area contributed by atoms with Crippen molar-refractivity contribution in [3.63, 3.8) is 0 Å². The van der Waals surface area contributed by atoms with Crippen LogP contribution in [0.5, 0.6) is 0 Å². The molecule has 12 heterocycles. The van der Waals surface area contributed by atoms with Crippen LogP contribution in [0.25, 0.3) is 20.9 Å². The molecule has 0 bridgehead atoms. The van der Waals surface area contributed by atoms with E-state index in [-0.39, 0.29) is 41.6 Å². The number of aliphatic hydroxyl groups is 2. The number of aliphatic carboxylic acids is 1. The van der Waals surface area contributed by atoms with Gasteiger partial charge in [-0.15, -0.1) is 0 Å². The molecule has 15 atom stereocenters. The highest BCUT2D eigenvalue weighted by atomic mass is 32.2. The number of hydrogen-bond acceptors (Lipinski definition) is 22. The Bertz CT molecular complexity index is 2860. The summed E-state index contributed by atoms with van der Waals surface area (Å²) < 4.78 is 34.4. The molecule has 0 radical (unpaired) electrons. The molecule has 4 N–H and O–H groups in total. The molecule has 0 aliphatic carbocycles. The largest absolute Gasteiger partial charge is 0.480 e. The van der Waals surface area contributed by atoms with Gasteiger partial charge in [-0.2, -0.15) is 8.42 Å². The fourth-order valence-corrected chi connectivity index (χ4v) is 15.1. The minimum Gasteiger partial charge on any atom is -0.480 e. The topological polar surface area (TPSA) is 310 Å². The molecule has 15 unspecified atom stereocenters. The van der Waals surface area contributed by atoms with Crippen molar-refractivity contribution in [2.24, 2.45) is 10.2 Å². The van der Waals surface area contributed by atoms with Gasteiger partial charge in [0.25, 0.3) is 10.1 Å². The number of azide groups is 2. The molecule has 12 aliphatic heterocycles. The number of carboxylic acids is 1. The summed E-state index contributed by atoms with van der Waals surface area (Å²) in [5.74, 6) is -0.104. The fraction of sp³-hybridized carbons (Fsp3) is 0.738. The second-order valence-electron chi connectivity index (χ2n) is 26.7. The van der Waals surface area contributed by atoms with Crippen LogP contribution >= 0.6 is 0 Å². The maximum Gasteiger partial charge on any atom is 0.324 e. The SMILES string of the molecule is CC(=O)CC1C=CCN1C.CN1CC(=O)C2C1CCN2C.CN1CC(O)C2C1CCN2C.CN1CC(O)C2NCCC21.CN1CC2OC2C1CCN=[N+]=[N-].CN1CC=CC1C(=O)O.CN1CC=CC1CCN=[N+]=[N-].Cc1ccc(S(=O)(=O)OCCC2C=CCN2C)cc1. The number of β-amino-alcohol motifs (C(OH)–C–C–N with tert-alkyl or cyclic N) is 2. The van der Waals surface area contributed by atoms with Gasteiger partial charge in [-0.1, -0.05) is 76.5 Å². The first kappa shape index (κ1) is 77.0. The lowest BCUT2D eigenvalue weighted by Crippen LogP contribution is -2.38. The molecule has 28 heteroatoms. The number of benzene rings is 1. The van der Waals surface area contributed by atoms with Crippen LogP contribution in [0.2, 0.25) is 0 Å². The van der Waals surface area contributed by atoms with Crippen LogP contribution in [0.15, 0.2) is 88.0 Å². The van der Waals surface area contributed by atoms with Crippen LogP contribution in [-0.2, 0) is 33.4 Å². The number of fused-ring (bicyclic) bond motifs is 4. The smallest absolute Gasteiger partial charge is 0.324 e. The van der Waals surface area contributed by atoms with Gasteiger partial charge in [0.1, 0.15) is 17.9 Å². The third-order valence-corrected chi connectivity index (χ3v) is 21.1. The molecule has 0 amide bonds. The van der Waals surface area contributed by atoms with Crippen molar-refractivity contribution in [3.05, 3.63) is 99.3 Å². The van der Waals surface area contributed by atoms with Crippen molar-refractivity contribution in [1.82, 2.24) is 54.3 Å². The Morgan fingerprint density at radius 2 is 1.20 bits per heavy atom. The predicted molar refractivity (Wildman–Crippen MR) is 361 cm³/mol. The Balaban J connectivity index is 0.000000170. The predicted octanol–water partition coefficient (Wildman–Crippen LogP) is 3.02.